The monoisotopic (exact) mass is 424 g/mol. The molecule has 1 aromatic heterocycles. The molecule has 7 heteroatoms. The number of thiophene rings is 1. The molecule has 0 saturated heterocycles. The molecule has 4 N–H and O–H groups in total. The minimum absolute atomic E-state index is 0.0894. The number of allylic oxidation sites excluding steroid dienone is 2. The molecule has 0 spiro atoms. The lowest BCUT2D eigenvalue weighted by atomic mass is 9.82. The third kappa shape index (κ3) is 3.23. The fourth-order valence-electron chi connectivity index (χ4n) is 4.82. The van der Waals surface area contributed by atoms with E-state index in [-0.39, 0.29) is 23.3 Å². The lowest BCUT2D eigenvalue weighted by Gasteiger charge is -2.23. The van der Waals surface area contributed by atoms with Gasteiger partial charge >= 0.3 is 5.97 Å². The van der Waals surface area contributed by atoms with Crippen LogP contribution in [0.5, 0.6) is 0 Å². The Bertz CT molecular complexity index is 1100. The second-order valence-corrected chi connectivity index (χ2v) is 9.45. The van der Waals surface area contributed by atoms with Gasteiger partial charge in [0.05, 0.1) is 17.4 Å². The van der Waals surface area contributed by atoms with E-state index in [0.29, 0.717) is 17.0 Å². The Morgan fingerprint density at radius 3 is 2.33 bits per heavy atom. The van der Waals surface area contributed by atoms with Crippen molar-refractivity contribution in [2.75, 3.05) is 5.32 Å². The summed E-state index contributed by atoms with van der Waals surface area (Å²) < 4.78 is 0. The number of carboxylic acids is 1. The van der Waals surface area contributed by atoms with Gasteiger partial charge in [0.15, 0.2) is 0 Å². The lowest BCUT2D eigenvalue weighted by Crippen LogP contribution is -2.36. The first-order valence-corrected chi connectivity index (χ1v) is 10.7. The fraction of sp³-hybridized carbons (Fsp3) is 0.348. The zero-order chi connectivity index (χ0) is 21.7. The number of benzene rings is 1. The van der Waals surface area contributed by atoms with E-state index >= 15 is 0 Å². The van der Waals surface area contributed by atoms with Crippen molar-refractivity contribution in [3.05, 3.63) is 51.9 Å². The maximum absolute atomic E-state index is 13.1. The molecule has 0 aliphatic heterocycles. The molecular weight excluding hydrogens is 400 g/mol. The van der Waals surface area contributed by atoms with Crippen molar-refractivity contribution in [1.82, 2.24) is 0 Å². The number of carbonyl (C=O) groups is 3. The Kier molecular flexibility index (Phi) is 5.02. The van der Waals surface area contributed by atoms with Crippen LogP contribution in [-0.2, 0) is 9.59 Å². The zero-order valence-electron chi connectivity index (χ0n) is 17.1. The minimum Gasteiger partial charge on any atom is -0.481 e. The van der Waals surface area contributed by atoms with Crippen molar-refractivity contribution in [3.63, 3.8) is 0 Å². The third-order valence-electron chi connectivity index (χ3n) is 6.41. The molecule has 2 aliphatic rings. The summed E-state index contributed by atoms with van der Waals surface area (Å²) in [6.45, 7) is 5.91. The number of amides is 2. The molecule has 0 unspecified atom stereocenters. The largest absolute Gasteiger partial charge is 0.481 e. The number of nitrogens with one attached hydrogen (secondary N) is 1. The molecule has 2 amide bonds. The number of fused-ring (bicyclic) bond motifs is 2. The quantitative estimate of drug-likeness (QED) is 0.632. The predicted molar refractivity (Wildman–Crippen MR) is 116 cm³/mol. The van der Waals surface area contributed by atoms with Crippen molar-refractivity contribution in [3.8, 4) is 11.1 Å². The van der Waals surface area contributed by atoms with E-state index in [0.717, 1.165) is 21.6 Å². The van der Waals surface area contributed by atoms with Crippen LogP contribution < -0.4 is 11.1 Å². The van der Waals surface area contributed by atoms with Crippen LogP contribution in [0.15, 0.2) is 30.4 Å². The normalized spacial score (nSPS) is 24.2. The van der Waals surface area contributed by atoms with E-state index in [4.69, 9.17) is 5.73 Å². The van der Waals surface area contributed by atoms with E-state index in [2.05, 4.69) is 5.32 Å². The Hall–Kier alpha value is -2.93. The summed E-state index contributed by atoms with van der Waals surface area (Å²) in [6.07, 6.45) is 4.51. The molecule has 6 nitrogen and oxygen atoms in total. The van der Waals surface area contributed by atoms with Gasteiger partial charge in [0.1, 0.15) is 5.00 Å². The number of aryl methyl sites for hydroxylation is 3. The highest BCUT2D eigenvalue weighted by Gasteiger charge is 2.51. The fourth-order valence-corrected chi connectivity index (χ4v) is 5.91. The number of nitrogens with two attached hydrogens (primary N) is 1. The van der Waals surface area contributed by atoms with Crippen molar-refractivity contribution in [2.45, 2.75) is 27.2 Å². The molecule has 4 atom stereocenters. The smallest absolute Gasteiger partial charge is 0.307 e. The van der Waals surface area contributed by atoms with Crippen molar-refractivity contribution >= 4 is 34.1 Å². The Morgan fingerprint density at radius 1 is 1.07 bits per heavy atom. The Labute approximate surface area is 178 Å². The maximum Gasteiger partial charge on any atom is 0.307 e. The van der Waals surface area contributed by atoms with Crippen molar-refractivity contribution in [1.29, 1.82) is 0 Å². The molecule has 0 radical (unpaired) electrons. The van der Waals surface area contributed by atoms with Crippen LogP contribution in [0.3, 0.4) is 0 Å². The van der Waals surface area contributed by atoms with E-state index in [9.17, 15) is 19.5 Å². The molecule has 1 saturated carbocycles. The topological polar surface area (TPSA) is 109 Å². The van der Waals surface area contributed by atoms with Gasteiger partial charge in [-0.1, -0.05) is 30.4 Å². The molecule has 1 aromatic carbocycles. The molecule has 4 rings (SSSR count). The molecule has 1 heterocycles. The average Bonchev–Trinajstić information content (AvgIpc) is 3.36. The summed E-state index contributed by atoms with van der Waals surface area (Å²) in [5.41, 5.74) is 9.81. The third-order valence-corrected chi connectivity index (χ3v) is 7.43. The average molecular weight is 425 g/mol. The summed E-state index contributed by atoms with van der Waals surface area (Å²) >= 11 is 1.29. The molecule has 156 valence electrons. The van der Waals surface area contributed by atoms with E-state index < -0.39 is 23.7 Å². The number of aliphatic carboxylic acids is 1. The Morgan fingerprint density at radius 2 is 1.73 bits per heavy atom. The summed E-state index contributed by atoms with van der Waals surface area (Å²) in [5, 5.41) is 12.8. The van der Waals surface area contributed by atoms with Gasteiger partial charge in [0.25, 0.3) is 5.91 Å². The number of primary amides is 1. The summed E-state index contributed by atoms with van der Waals surface area (Å²) in [6, 6.07) is 5.93. The van der Waals surface area contributed by atoms with Crippen molar-refractivity contribution < 1.29 is 19.5 Å². The van der Waals surface area contributed by atoms with Gasteiger partial charge in [-0.2, -0.15) is 0 Å². The summed E-state index contributed by atoms with van der Waals surface area (Å²) in [7, 11) is 0. The first kappa shape index (κ1) is 20.3. The van der Waals surface area contributed by atoms with E-state index in [1.807, 2.05) is 51.1 Å². The van der Waals surface area contributed by atoms with E-state index in [1.54, 1.807) is 0 Å². The second-order valence-electron chi connectivity index (χ2n) is 8.23. The molecule has 2 bridgehead atoms. The van der Waals surface area contributed by atoms with Gasteiger partial charge < -0.3 is 16.2 Å². The van der Waals surface area contributed by atoms with Crippen LogP contribution in [0.4, 0.5) is 5.00 Å². The number of rotatable bonds is 5. The first-order valence-electron chi connectivity index (χ1n) is 9.91. The highest BCUT2D eigenvalue weighted by Crippen LogP contribution is 2.49. The number of anilines is 1. The molecular formula is C23H24N2O4S. The van der Waals surface area contributed by atoms with Crippen LogP contribution in [0.1, 0.15) is 32.8 Å². The highest BCUT2D eigenvalue weighted by atomic mass is 32.1. The predicted octanol–water partition coefficient (Wildman–Crippen LogP) is 3.90. The van der Waals surface area contributed by atoms with Crippen LogP contribution in [0.25, 0.3) is 11.1 Å². The van der Waals surface area contributed by atoms with Gasteiger partial charge in [0, 0.05) is 10.4 Å². The van der Waals surface area contributed by atoms with Gasteiger partial charge in [-0.05, 0) is 55.7 Å². The number of carboxylic acid groups (broad SMARTS) is 1. The standard InChI is InChI=1S/C23H24N2O4S/c1-10-4-5-13(8-11(10)2)16-12(3)30-22(19(16)20(24)26)25-21(27)17-14-6-7-15(9-14)18(17)23(28)29/h4-8,14-15,17-18H,9H2,1-3H3,(H2,24,26)(H,25,27)(H,28,29)/t14-,15+,17+,18+/m1/s1. The summed E-state index contributed by atoms with van der Waals surface area (Å²) in [5.74, 6) is -3.54. The zero-order valence-corrected chi connectivity index (χ0v) is 17.9. The number of hydrogen-bond acceptors (Lipinski definition) is 4. The minimum atomic E-state index is -0.958. The second kappa shape index (κ2) is 7.40. The SMILES string of the molecule is Cc1ccc(-c2c(C)sc(NC(=O)[C@@H]3[C@@H](C(=O)O)[C@H]4C=C[C@@H]3C4)c2C(N)=O)cc1C. The van der Waals surface area contributed by atoms with Crippen LogP contribution >= 0.6 is 11.3 Å². The van der Waals surface area contributed by atoms with Gasteiger partial charge in [-0.25, -0.2) is 0 Å². The van der Waals surface area contributed by atoms with Gasteiger partial charge in [0.2, 0.25) is 5.91 Å². The molecule has 2 aromatic rings. The van der Waals surface area contributed by atoms with Crippen LogP contribution in [0.2, 0.25) is 0 Å². The van der Waals surface area contributed by atoms with Crippen LogP contribution in [0, 0.1) is 44.4 Å². The van der Waals surface area contributed by atoms with Gasteiger partial charge in [-0.3, -0.25) is 14.4 Å². The number of hydrogen-bond donors (Lipinski definition) is 3. The van der Waals surface area contributed by atoms with Crippen molar-refractivity contribution in [2.24, 2.45) is 29.4 Å². The van der Waals surface area contributed by atoms with Gasteiger partial charge in [-0.15, -0.1) is 11.3 Å². The number of carbonyl (C=O) groups excluding carboxylic acids is 2. The van der Waals surface area contributed by atoms with E-state index in [1.165, 1.54) is 11.3 Å². The first-order chi connectivity index (χ1) is 14.2. The lowest BCUT2D eigenvalue weighted by molar-refractivity contribution is -0.146. The molecule has 1 fully saturated rings. The molecule has 2 aliphatic carbocycles. The highest BCUT2D eigenvalue weighted by molar-refractivity contribution is 7.17. The Balaban J connectivity index is 1.71. The summed E-state index contributed by atoms with van der Waals surface area (Å²) in [4.78, 5) is 38.1. The molecule has 30 heavy (non-hydrogen) atoms. The van der Waals surface area contributed by atoms with Crippen LogP contribution in [-0.4, -0.2) is 22.9 Å². The maximum atomic E-state index is 13.1.